The van der Waals surface area contributed by atoms with Gasteiger partial charge >= 0.3 is 5.97 Å². The number of ether oxygens (including phenoxy) is 1. The highest BCUT2D eigenvalue weighted by Gasteiger charge is 2.44. The third-order valence-corrected chi connectivity index (χ3v) is 3.40. The van der Waals surface area contributed by atoms with Crippen LogP contribution in [0.3, 0.4) is 0 Å². The fraction of sp³-hybridized carbons (Fsp3) is 0.583. The number of carboxylic acids is 1. The first kappa shape index (κ1) is 12.6. The van der Waals surface area contributed by atoms with Gasteiger partial charge in [-0.25, -0.2) is 4.98 Å². The molecule has 0 aliphatic heterocycles. The van der Waals surface area contributed by atoms with Gasteiger partial charge in [0.25, 0.3) is 0 Å². The van der Waals surface area contributed by atoms with Crippen molar-refractivity contribution in [3.05, 3.63) is 11.9 Å². The Morgan fingerprint density at radius 1 is 1.56 bits per heavy atom. The number of rotatable bonds is 5. The van der Waals surface area contributed by atoms with Crippen molar-refractivity contribution in [2.45, 2.75) is 26.2 Å². The Hall–Kier alpha value is -1.85. The van der Waals surface area contributed by atoms with Crippen LogP contribution in [-0.2, 0) is 4.79 Å². The van der Waals surface area contributed by atoms with Crippen molar-refractivity contribution in [1.29, 1.82) is 0 Å². The van der Waals surface area contributed by atoms with Gasteiger partial charge < -0.3 is 15.2 Å². The third-order valence-electron chi connectivity index (χ3n) is 3.40. The first-order chi connectivity index (χ1) is 8.55. The molecule has 2 N–H and O–H groups in total. The van der Waals surface area contributed by atoms with Crippen molar-refractivity contribution in [1.82, 2.24) is 9.97 Å². The predicted molar refractivity (Wildman–Crippen MR) is 65.7 cm³/mol. The Morgan fingerprint density at radius 3 is 2.78 bits per heavy atom. The van der Waals surface area contributed by atoms with Crippen molar-refractivity contribution in [3.8, 4) is 5.88 Å². The number of anilines is 1. The summed E-state index contributed by atoms with van der Waals surface area (Å²) in [6, 6.07) is 1.67. The van der Waals surface area contributed by atoms with E-state index in [1.165, 1.54) is 7.11 Å². The standard InChI is InChI=1S/C12H17N3O3/c1-8-14-9(6-10(15-8)18-2)13-7-12(11(16)17)4-3-5-12/h6H,3-5,7H2,1-2H3,(H,16,17)(H,13,14,15). The van der Waals surface area contributed by atoms with Crippen LogP contribution >= 0.6 is 0 Å². The highest BCUT2D eigenvalue weighted by atomic mass is 16.5. The number of aromatic nitrogens is 2. The summed E-state index contributed by atoms with van der Waals surface area (Å²) in [7, 11) is 1.54. The number of aryl methyl sites for hydroxylation is 1. The molecule has 0 unspecified atom stereocenters. The van der Waals surface area contributed by atoms with Gasteiger partial charge in [-0.1, -0.05) is 6.42 Å². The van der Waals surface area contributed by atoms with Gasteiger partial charge in [-0.2, -0.15) is 4.98 Å². The molecular weight excluding hydrogens is 234 g/mol. The van der Waals surface area contributed by atoms with Crippen LogP contribution in [-0.4, -0.2) is 34.7 Å². The molecule has 0 atom stereocenters. The SMILES string of the molecule is COc1cc(NCC2(C(=O)O)CCC2)nc(C)n1. The maximum absolute atomic E-state index is 11.2. The zero-order valence-corrected chi connectivity index (χ0v) is 10.6. The van der Waals surface area contributed by atoms with Gasteiger partial charge in [0, 0.05) is 12.6 Å². The minimum absolute atomic E-state index is 0.391. The van der Waals surface area contributed by atoms with E-state index in [0.717, 1.165) is 19.3 Å². The molecular formula is C12H17N3O3. The molecule has 6 heteroatoms. The number of methoxy groups -OCH3 is 1. The van der Waals surface area contributed by atoms with E-state index < -0.39 is 11.4 Å². The lowest BCUT2D eigenvalue weighted by atomic mass is 9.69. The Morgan fingerprint density at radius 2 is 2.28 bits per heavy atom. The second-order valence-corrected chi connectivity index (χ2v) is 4.64. The number of nitrogens with one attached hydrogen (secondary N) is 1. The maximum atomic E-state index is 11.2. The van der Waals surface area contributed by atoms with E-state index in [-0.39, 0.29) is 0 Å². The molecule has 1 fully saturated rings. The lowest BCUT2D eigenvalue weighted by molar-refractivity contribution is -0.153. The van der Waals surface area contributed by atoms with Crippen LogP contribution in [0, 0.1) is 12.3 Å². The third kappa shape index (κ3) is 2.37. The number of carbonyl (C=O) groups is 1. The van der Waals surface area contributed by atoms with Gasteiger partial charge in [0.2, 0.25) is 5.88 Å². The van der Waals surface area contributed by atoms with Crippen molar-refractivity contribution < 1.29 is 14.6 Å². The molecule has 0 spiro atoms. The first-order valence-corrected chi connectivity index (χ1v) is 5.93. The predicted octanol–water partition coefficient (Wildman–Crippen LogP) is 1.46. The Balaban J connectivity index is 2.06. The summed E-state index contributed by atoms with van der Waals surface area (Å²) in [5.74, 6) is 0.934. The monoisotopic (exact) mass is 251 g/mol. The van der Waals surface area contributed by atoms with Crippen LogP contribution in [0.5, 0.6) is 5.88 Å². The van der Waals surface area contributed by atoms with Gasteiger partial charge in [-0.05, 0) is 19.8 Å². The minimum atomic E-state index is -0.737. The van der Waals surface area contributed by atoms with Crippen LogP contribution in [0.15, 0.2) is 6.07 Å². The smallest absolute Gasteiger partial charge is 0.311 e. The van der Waals surface area contributed by atoms with Gasteiger partial charge in [0.05, 0.1) is 12.5 Å². The lowest BCUT2D eigenvalue weighted by Crippen LogP contribution is -2.43. The molecule has 0 saturated heterocycles. The van der Waals surface area contributed by atoms with E-state index in [0.29, 0.717) is 24.1 Å². The molecule has 1 aromatic heterocycles. The molecule has 1 aliphatic rings. The molecule has 98 valence electrons. The molecule has 0 radical (unpaired) electrons. The molecule has 6 nitrogen and oxygen atoms in total. The topological polar surface area (TPSA) is 84.3 Å². The average Bonchev–Trinajstić information content (AvgIpc) is 2.26. The van der Waals surface area contributed by atoms with Crippen LogP contribution in [0.2, 0.25) is 0 Å². The minimum Gasteiger partial charge on any atom is -0.481 e. The van der Waals surface area contributed by atoms with E-state index >= 15 is 0 Å². The normalized spacial score (nSPS) is 16.8. The molecule has 0 amide bonds. The molecule has 0 bridgehead atoms. The lowest BCUT2D eigenvalue weighted by Gasteiger charge is -2.37. The van der Waals surface area contributed by atoms with Crippen LogP contribution in [0.4, 0.5) is 5.82 Å². The summed E-state index contributed by atoms with van der Waals surface area (Å²) in [6.45, 7) is 2.16. The van der Waals surface area contributed by atoms with Gasteiger partial charge in [-0.3, -0.25) is 4.79 Å². The Kier molecular flexibility index (Phi) is 3.36. The summed E-state index contributed by atoms with van der Waals surface area (Å²) < 4.78 is 5.05. The summed E-state index contributed by atoms with van der Waals surface area (Å²) in [5.41, 5.74) is -0.633. The molecule has 1 saturated carbocycles. The molecule has 1 aromatic rings. The second kappa shape index (κ2) is 4.80. The van der Waals surface area contributed by atoms with Crippen LogP contribution in [0.25, 0.3) is 0 Å². The van der Waals surface area contributed by atoms with E-state index in [2.05, 4.69) is 15.3 Å². The second-order valence-electron chi connectivity index (χ2n) is 4.64. The number of aliphatic carboxylic acids is 1. The Labute approximate surface area is 105 Å². The van der Waals surface area contributed by atoms with Crippen LogP contribution in [0.1, 0.15) is 25.1 Å². The maximum Gasteiger partial charge on any atom is 0.311 e. The zero-order chi connectivity index (χ0) is 13.2. The van der Waals surface area contributed by atoms with Crippen molar-refractivity contribution in [3.63, 3.8) is 0 Å². The quantitative estimate of drug-likeness (QED) is 0.824. The molecule has 1 heterocycles. The molecule has 1 aliphatic carbocycles. The first-order valence-electron chi connectivity index (χ1n) is 5.93. The molecule has 18 heavy (non-hydrogen) atoms. The van der Waals surface area contributed by atoms with E-state index in [9.17, 15) is 9.90 Å². The zero-order valence-electron chi connectivity index (χ0n) is 10.6. The van der Waals surface area contributed by atoms with E-state index in [1.807, 2.05) is 0 Å². The van der Waals surface area contributed by atoms with Crippen LogP contribution < -0.4 is 10.1 Å². The summed E-state index contributed by atoms with van der Waals surface area (Å²) in [6.07, 6.45) is 2.41. The summed E-state index contributed by atoms with van der Waals surface area (Å²) >= 11 is 0. The Bertz CT molecular complexity index is 458. The number of nitrogens with zero attached hydrogens (tertiary/aromatic N) is 2. The highest BCUT2D eigenvalue weighted by Crippen LogP contribution is 2.41. The van der Waals surface area contributed by atoms with Crippen molar-refractivity contribution in [2.75, 3.05) is 19.0 Å². The van der Waals surface area contributed by atoms with Crippen molar-refractivity contribution >= 4 is 11.8 Å². The number of carboxylic acid groups (broad SMARTS) is 1. The van der Waals surface area contributed by atoms with E-state index in [1.54, 1.807) is 13.0 Å². The van der Waals surface area contributed by atoms with Gasteiger partial charge in [-0.15, -0.1) is 0 Å². The van der Waals surface area contributed by atoms with Gasteiger partial charge in [0.1, 0.15) is 11.6 Å². The van der Waals surface area contributed by atoms with Crippen molar-refractivity contribution in [2.24, 2.45) is 5.41 Å². The van der Waals surface area contributed by atoms with Gasteiger partial charge in [0.15, 0.2) is 0 Å². The highest BCUT2D eigenvalue weighted by molar-refractivity contribution is 5.76. The summed E-state index contributed by atoms with van der Waals surface area (Å²) in [5, 5.41) is 12.3. The largest absolute Gasteiger partial charge is 0.481 e. The number of hydrogen-bond donors (Lipinski definition) is 2. The fourth-order valence-electron chi connectivity index (χ4n) is 2.06. The fourth-order valence-corrected chi connectivity index (χ4v) is 2.06. The molecule has 0 aromatic carbocycles. The molecule has 2 rings (SSSR count). The van der Waals surface area contributed by atoms with E-state index in [4.69, 9.17) is 4.74 Å². The number of hydrogen-bond acceptors (Lipinski definition) is 5. The summed E-state index contributed by atoms with van der Waals surface area (Å²) in [4.78, 5) is 19.5. The average molecular weight is 251 g/mol.